The van der Waals surface area contributed by atoms with Gasteiger partial charge in [0, 0.05) is 33.2 Å². The van der Waals surface area contributed by atoms with Crippen molar-refractivity contribution in [2.45, 2.75) is 38.8 Å². The SMILES string of the molecule is CCCCN(C)C(=O)C[C@H]1C(=O)NCCN1Cc1cccc(F)c1. The van der Waals surface area contributed by atoms with Crippen molar-refractivity contribution in [1.29, 1.82) is 0 Å². The van der Waals surface area contributed by atoms with E-state index in [1.165, 1.54) is 12.1 Å². The van der Waals surface area contributed by atoms with Crippen molar-refractivity contribution in [1.82, 2.24) is 15.1 Å². The molecule has 1 atom stereocenters. The molecule has 1 N–H and O–H groups in total. The summed E-state index contributed by atoms with van der Waals surface area (Å²) in [7, 11) is 1.77. The highest BCUT2D eigenvalue weighted by atomic mass is 19.1. The summed E-state index contributed by atoms with van der Waals surface area (Å²) in [6, 6.07) is 5.86. The minimum absolute atomic E-state index is 0.0326. The first-order valence-electron chi connectivity index (χ1n) is 8.51. The number of piperazine rings is 1. The molecule has 0 unspecified atom stereocenters. The monoisotopic (exact) mass is 335 g/mol. The number of nitrogens with one attached hydrogen (secondary N) is 1. The molecule has 1 aliphatic heterocycles. The molecule has 24 heavy (non-hydrogen) atoms. The van der Waals surface area contributed by atoms with Crippen molar-refractivity contribution >= 4 is 11.8 Å². The van der Waals surface area contributed by atoms with Gasteiger partial charge in [-0.15, -0.1) is 0 Å². The molecule has 1 aromatic rings. The Labute approximate surface area is 142 Å². The van der Waals surface area contributed by atoms with E-state index in [1.807, 2.05) is 11.0 Å². The van der Waals surface area contributed by atoms with Gasteiger partial charge in [0.1, 0.15) is 5.82 Å². The van der Waals surface area contributed by atoms with Gasteiger partial charge < -0.3 is 10.2 Å². The lowest BCUT2D eigenvalue weighted by atomic mass is 10.1. The Balaban J connectivity index is 2.03. The normalized spacial score (nSPS) is 18.3. The number of nitrogens with zero attached hydrogens (tertiary/aromatic N) is 2. The van der Waals surface area contributed by atoms with Gasteiger partial charge in [0.15, 0.2) is 0 Å². The molecule has 6 heteroatoms. The first-order valence-corrected chi connectivity index (χ1v) is 8.51. The second-order valence-electron chi connectivity index (χ2n) is 6.28. The second-order valence-corrected chi connectivity index (χ2v) is 6.28. The predicted octanol–water partition coefficient (Wildman–Crippen LogP) is 1.77. The number of rotatable bonds is 7. The molecule has 5 nitrogen and oxygen atoms in total. The number of carbonyl (C=O) groups is 2. The highest BCUT2D eigenvalue weighted by molar-refractivity contribution is 5.88. The molecule has 1 heterocycles. The predicted molar refractivity (Wildman–Crippen MR) is 90.8 cm³/mol. The number of hydrogen-bond donors (Lipinski definition) is 1. The van der Waals surface area contributed by atoms with Crippen molar-refractivity contribution in [2.24, 2.45) is 0 Å². The van der Waals surface area contributed by atoms with Crippen LogP contribution in [0.1, 0.15) is 31.7 Å². The molecule has 1 aromatic carbocycles. The van der Waals surface area contributed by atoms with Crippen LogP contribution in [0.5, 0.6) is 0 Å². The number of carbonyl (C=O) groups excluding carboxylic acids is 2. The molecule has 2 rings (SSSR count). The maximum Gasteiger partial charge on any atom is 0.237 e. The molecular formula is C18H26FN3O2. The number of halogens is 1. The third kappa shape index (κ3) is 5.03. The molecule has 1 fully saturated rings. The van der Waals surface area contributed by atoms with Crippen LogP contribution in [0.15, 0.2) is 24.3 Å². The highest BCUT2D eigenvalue weighted by Gasteiger charge is 2.32. The van der Waals surface area contributed by atoms with E-state index in [4.69, 9.17) is 0 Å². The van der Waals surface area contributed by atoms with Crippen molar-refractivity contribution < 1.29 is 14.0 Å². The molecule has 1 aliphatic rings. The molecule has 0 bridgehead atoms. The summed E-state index contributed by atoms with van der Waals surface area (Å²) in [5.41, 5.74) is 0.807. The van der Waals surface area contributed by atoms with E-state index in [1.54, 1.807) is 18.0 Å². The van der Waals surface area contributed by atoms with Gasteiger partial charge in [-0.05, 0) is 24.1 Å². The summed E-state index contributed by atoms with van der Waals surface area (Å²) in [6.07, 6.45) is 2.13. The van der Waals surface area contributed by atoms with E-state index in [0.29, 0.717) is 26.2 Å². The minimum atomic E-state index is -0.501. The second kappa shape index (κ2) is 8.78. The molecule has 2 amide bonds. The van der Waals surface area contributed by atoms with E-state index in [2.05, 4.69) is 12.2 Å². The Morgan fingerprint density at radius 2 is 2.25 bits per heavy atom. The van der Waals surface area contributed by atoms with Crippen LogP contribution in [0.2, 0.25) is 0 Å². The summed E-state index contributed by atoms with van der Waals surface area (Å²) >= 11 is 0. The average molecular weight is 335 g/mol. The summed E-state index contributed by atoms with van der Waals surface area (Å²) in [6.45, 7) is 4.44. The first kappa shape index (κ1) is 18.4. The standard InChI is InChI=1S/C18H26FN3O2/c1-3-4-9-21(2)17(23)12-16-18(24)20-8-10-22(16)13-14-6-5-7-15(19)11-14/h5-7,11,16H,3-4,8-10,12-13H2,1-2H3,(H,20,24)/t16-/m0/s1. The average Bonchev–Trinajstić information content (AvgIpc) is 2.55. The largest absolute Gasteiger partial charge is 0.353 e. The first-order chi connectivity index (χ1) is 11.5. The Morgan fingerprint density at radius 3 is 2.96 bits per heavy atom. The molecule has 0 aliphatic carbocycles. The van der Waals surface area contributed by atoms with Gasteiger partial charge in [-0.25, -0.2) is 4.39 Å². The van der Waals surface area contributed by atoms with E-state index < -0.39 is 6.04 Å². The van der Waals surface area contributed by atoms with Crippen LogP contribution in [-0.4, -0.2) is 54.3 Å². The van der Waals surface area contributed by atoms with Gasteiger partial charge in [0.2, 0.25) is 11.8 Å². The Morgan fingerprint density at radius 1 is 1.46 bits per heavy atom. The molecule has 1 saturated heterocycles. The lowest BCUT2D eigenvalue weighted by Crippen LogP contribution is -2.56. The summed E-state index contributed by atoms with van der Waals surface area (Å²) in [4.78, 5) is 28.3. The van der Waals surface area contributed by atoms with Crippen LogP contribution in [0, 0.1) is 5.82 Å². The number of amides is 2. The van der Waals surface area contributed by atoms with E-state index in [-0.39, 0.29) is 24.1 Å². The molecule has 0 spiro atoms. The van der Waals surface area contributed by atoms with Gasteiger partial charge in [-0.3, -0.25) is 14.5 Å². The Bertz CT molecular complexity index is 579. The summed E-state index contributed by atoms with van der Waals surface area (Å²) in [5, 5.41) is 2.82. The Kier molecular flexibility index (Phi) is 6.73. The van der Waals surface area contributed by atoms with Crippen LogP contribution in [-0.2, 0) is 16.1 Å². The van der Waals surface area contributed by atoms with Gasteiger partial charge in [0.05, 0.1) is 12.5 Å². The zero-order chi connectivity index (χ0) is 17.5. The van der Waals surface area contributed by atoms with E-state index in [0.717, 1.165) is 18.4 Å². The van der Waals surface area contributed by atoms with Gasteiger partial charge >= 0.3 is 0 Å². The van der Waals surface area contributed by atoms with Gasteiger partial charge in [-0.1, -0.05) is 25.5 Å². The fraction of sp³-hybridized carbons (Fsp3) is 0.556. The van der Waals surface area contributed by atoms with Crippen molar-refractivity contribution in [3.8, 4) is 0 Å². The van der Waals surface area contributed by atoms with Crippen molar-refractivity contribution in [3.05, 3.63) is 35.6 Å². The molecule has 0 radical (unpaired) electrons. The third-order valence-electron chi connectivity index (χ3n) is 4.36. The smallest absolute Gasteiger partial charge is 0.237 e. The Hall–Kier alpha value is -1.95. The minimum Gasteiger partial charge on any atom is -0.353 e. The fourth-order valence-electron chi connectivity index (χ4n) is 2.88. The number of unbranched alkanes of at least 4 members (excludes halogenated alkanes) is 1. The summed E-state index contributed by atoms with van der Waals surface area (Å²) in [5.74, 6) is -0.453. The summed E-state index contributed by atoms with van der Waals surface area (Å²) < 4.78 is 13.4. The van der Waals surface area contributed by atoms with Crippen LogP contribution in [0.25, 0.3) is 0 Å². The van der Waals surface area contributed by atoms with Crippen LogP contribution >= 0.6 is 0 Å². The molecule has 132 valence electrons. The number of benzene rings is 1. The highest BCUT2D eigenvalue weighted by Crippen LogP contribution is 2.15. The molecular weight excluding hydrogens is 309 g/mol. The zero-order valence-electron chi connectivity index (χ0n) is 14.4. The lowest BCUT2D eigenvalue weighted by molar-refractivity contribution is -0.138. The molecule has 0 saturated carbocycles. The van der Waals surface area contributed by atoms with Crippen LogP contribution < -0.4 is 5.32 Å². The maximum atomic E-state index is 13.4. The van der Waals surface area contributed by atoms with Crippen molar-refractivity contribution in [3.63, 3.8) is 0 Å². The lowest BCUT2D eigenvalue weighted by Gasteiger charge is -2.35. The topological polar surface area (TPSA) is 52.7 Å². The van der Waals surface area contributed by atoms with Gasteiger partial charge in [-0.2, -0.15) is 0 Å². The third-order valence-corrected chi connectivity index (χ3v) is 4.36. The van der Waals surface area contributed by atoms with Crippen molar-refractivity contribution in [2.75, 3.05) is 26.7 Å². The van der Waals surface area contributed by atoms with E-state index >= 15 is 0 Å². The molecule has 0 aromatic heterocycles. The van der Waals surface area contributed by atoms with E-state index in [9.17, 15) is 14.0 Å². The zero-order valence-corrected chi connectivity index (χ0v) is 14.4. The maximum absolute atomic E-state index is 13.4. The fourth-order valence-corrected chi connectivity index (χ4v) is 2.88. The van der Waals surface area contributed by atoms with Crippen LogP contribution in [0.4, 0.5) is 4.39 Å². The number of hydrogen-bond acceptors (Lipinski definition) is 3. The quantitative estimate of drug-likeness (QED) is 0.826. The van der Waals surface area contributed by atoms with Gasteiger partial charge in [0.25, 0.3) is 0 Å². The van der Waals surface area contributed by atoms with Crippen LogP contribution in [0.3, 0.4) is 0 Å².